The molecule has 2 aliphatic heterocycles. The van der Waals surface area contributed by atoms with Crippen molar-refractivity contribution >= 4 is 23.3 Å². The van der Waals surface area contributed by atoms with Crippen molar-refractivity contribution in [2.45, 2.75) is 25.2 Å². The molecule has 29 heavy (non-hydrogen) atoms. The summed E-state index contributed by atoms with van der Waals surface area (Å²) in [5.41, 5.74) is 1.95. The van der Waals surface area contributed by atoms with E-state index < -0.39 is 22.7 Å². The zero-order chi connectivity index (χ0) is 20.7. The molecule has 1 fully saturated rings. The minimum absolute atomic E-state index is 0.0824. The maximum atomic E-state index is 12.9. The molecule has 1 saturated heterocycles. The lowest BCUT2D eigenvalue weighted by Gasteiger charge is -2.43. The number of nitro groups is 1. The predicted octanol–water partition coefficient (Wildman–Crippen LogP) is 1.56. The van der Waals surface area contributed by atoms with Crippen molar-refractivity contribution in [3.63, 3.8) is 0 Å². The van der Waals surface area contributed by atoms with Gasteiger partial charge in [-0.05, 0) is 18.4 Å². The van der Waals surface area contributed by atoms with Gasteiger partial charge in [0.2, 0.25) is 0 Å². The van der Waals surface area contributed by atoms with Gasteiger partial charge in [-0.15, -0.1) is 0 Å². The average Bonchev–Trinajstić information content (AvgIpc) is 2.73. The minimum atomic E-state index is -0.804. The Balaban J connectivity index is 1.97. The monoisotopic (exact) mass is 397 g/mol. The zero-order valence-electron chi connectivity index (χ0n) is 15.8. The Kier molecular flexibility index (Phi) is 4.65. The number of methoxy groups -OCH3 is 1. The Morgan fingerprint density at radius 3 is 2.62 bits per heavy atom. The van der Waals surface area contributed by atoms with E-state index in [4.69, 9.17) is 4.74 Å². The lowest BCUT2D eigenvalue weighted by molar-refractivity contribution is -0.384. The number of non-ortho nitro benzene ring substituents is 1. The van der Waals surface area contributed by atoms with Crippen molar-refractivity contribution in [3.05, 3.63) is 62.5 Å². The number of nitro benzene ring substituents is 1. The Morgan fingerprint density at radius 1 is 1.24 bits per heavy atom. The molecule has 1 aliphatic carbocycles. The molecular weight excluding hydrogens is 378 g/mol. The zero-order valence-corrected chi connectivity index (χ0v) is 15.8. The van der Waals surface area contributed by atoms with Crippen LogP contribution in [-0.4, -0.2) is 47.7 Å². The molecule has 2 heterocycles. The van der Waals surface area contributed by atoms with E-state index in [9.17, 15) is 24.5 Å². The van der Waals surface area contributed by atoms with Gasteiger partial charge >= 0.3 is 5.97 Å². The number of nitrogens with one attached hydrogen (secondary N) is 1. The number of benzene rings is 1. The van der Waals surface area contributed by atoms with Crippen molar-refractivity contribution in [2.24, 2.45) is 0 Å². The number of carbonyl (C=O) groups is 3. The first-order valence-electron chi connectivity index (χ1n) is 9.32. The molecule has 1 atom stereocenters. The fourth-order valence-corrected chi connectivity index (χ4v) is 4.32. The number of nitrogens with zero attached hydrogens (tertiary/aromatic N) is 2. The number of hydrogen-bond donors (Lipinski definition) is 1. The summed E-state index contributed by atoms with van der Waals surface area (Å²) in [4.78, 5) is 50.7. The van der Waals surface area contributed by atoms with Crippen LogP contribution in [0.1, 0.15) is 30.7 Å². The molecule has 1 aromatic rings. The molecule has 9 heteroatoms. The number of esters is 1. The van der Waals surface area contributed by atoms with Crippen LogP contribution in [0.4, 0.5) is 5.69 Å². The van der Waals surface area contributed by atoms with E-state index in [0.29, 0.717) is 43.5 Å². The van der Waals surface area contributed by atoms with Crippen molar-refractivity contribution in [3.8, 4) is 0 Å². The third-order valence-electron chi connectivity index (χ3n) is 5.54. The molecule has 9 nitrogen and oxygen atoms in total. The van der Waals surface area contributed by atoms with Crippen LogP contribution in [0.25, 0.3) is 0 Å². The molecular formula is C20H19N3O6. The number of fused-ring (bicyclic) bond motifs is 2. The Bertz CT molecular complexity index is 992. The molecule has 3 aliphatic rings. The first kappa shape index (κ1) is 18.9. The quantitative estimate of drug-likeness (QED) is 0.467. The van der Waals surface area contributed by atoms with Crippen LogP contribution < -0.4 is 5.32 Å². The molecule has 150 valence electrons. The molecule has 0 unspecified atom stereocenters. The number of Topliss-reactive ketones (excluding diaryl/α,β-unsaturated/α-hetero) is 1. The van der Waals surface area contributed by atoms with Gasteiger partial charge in [-0.1, -0.05) is 12.1 Å². The topological polar surface area (TPSA) is 119 Å². The highest BCUT2D eigenvalue weighted by molar-refractivity contribution is 6.09. The van der Waals surface area contributed by atoms with Gasteiger partial charge < -0.3 is 15.0 Å². The number of carbonyl (C=O) groups excluding carboxylic acids is 3. The second-order valence-electron chi connectivity index (χ2n) is 7.08. The third-order valence-corrected chi connectivity index (χ3v) is 5.54. The fourth-order valence-electron chi connectivity index (χ4n) is 4.32. The molecule has 0 saturated carbocycles. The lowest BCUT2D eigenvalue weighted by atomic mass is 9.74. The summed E-state index contributed by atoms with van der Waals surface area (Å²) in [5, 5.41) is 13.8. The summed E-state index contributed by atoms with van der Waals surface area (Å²) in [6, 6.07) is 5.70. The Morgan fingerprint density at radius 2 is 1.97 bits per heavy atom. The summed E-state index contributed by atoms with van der Waals surface area (Å²) in [6.07, 6.45) is 1.64. The Labute approximate surface area is 166 Å². The number of ketones is 1. The summed E-state index contributed by atoms with van der Waals surface area (Å²) >= 11 is 0. The van der Waals surface area contributed by atoms with E-state index in [2.05, 4.69) is 5.32 Å². The maximum absolute atomic E-state index is 12.9. The van der Waals surface area contributed by atoms with E-state index in [1.165, 1.54) is 31.4 Å². The van der Waals surface area contributed by atoms with Crippen LogP contribution in [0, 0.1) is 10.1 Å². The van der Waals surface area contributed by atoms with E-state index in [-0.39, 0.29) is 22.7 Å². The summed E-state index contributed by atoms with van der Waals surface area (Å²) in [5.74, 6) is -1.98. The SMILES string of the molecule is COC(=O)C1=C2C(=O)NCCN2C2=C(C(=O)CCC2)[C@H]1c1ccc([N+](=O)[O-])cc1. The van der Waals surface area contributed by atoms with Gasteiger partial charge in [0.25, 0.3) is 11.6 Å². The van der Waals surface area contributed by atoms with Crippen molar-refractivity contribution < 1.29 is 24.0 Å². The van der Waals surface area contributed by atoms with Gasteiger partial charge in [-0.25, -0.2) is 4.79 Å². The van der Waals surface area contributed by atoms with Crippen LogP contribution >= 0.6 is 0 Å². The summed E-state index contributed by atoms with van der Waals surface area (Å²) in [6.45, 7) is 0.866. The summed E-state index contributed by atoms with van der Waals surface area (Å²) < 4.78 is 4.97. The van der Waals surface area contributed by atoms with E-state index in [1.807, 2.05) is 0 Å². The highest BCUT2D eigenvalue weighted by Crippen LogP contribution is 2.46. The molecule has 1 amide bonds. The number of allylic oxidation sites excluding steroid dienone is 2. The largest absolute Gasteiger partial charge is 0.466 e. The highest BCUT2D eigenvalue weighted by atomic mass is 16.6. The van der Waals surface area contributed by atoms with Crippen molar-refractivity contribution in [1.82, 2.24) is 10.2 Å². The van der Waals surface area contributed by atoms with Crippen LogP contribution in [0.3, 0.4) is 0 Å². The standard InChI is InChI=1S/C20H19N3O6/c1-29-20(26)17-15(11-5-7-12(8-6-11)23(27)28)16-13(3-2-4-14(16)24)22-10-9-21-19(25)18(17)22/h5-8,15H,2-4,9-10H2,1H3,(H,21,25)/t15-/m1/s1. The molecule has 0 radical (unpaired) electrons. The molecule has 0 spiro atoms. The van der Waals surface area contributed by atoms with Gasteiger partial charge in [0.1, 0.15) is 5.70 Å². The summed E-state index contributed by atoms with van der Waals surface area (Å²) in [7, 11) is 1.22. The molecule has 0 bridgehead atoms. The van der Waals surface area contributed by atoms with Crippen LogP contribution in [0.5, 0.6) is 0 Å². The molecule has 1 N–H and O–H groups in total. The van der Waals surface area contributed by atoms with Crippen molar-refractivity contribution in [1.29, 1.82) is 0 Å². The van der Waals surface area contributed by atoms with Crippen LogP contribution in [-0.2, 0) is 19.1 Å². The second-order valence-corrected chi connectivity index (χ2v) is 7.08. The van der Waals surface area contributed by atoms with Crippen LogP contribution in [0.15, 0.2) is 46.8 Å². The molecule has 1 aromatic carbocycles. The highest BCUT2D eigenvalue weighted by Gasteiger charge is 2.45. The van der Waals surface area contributed by atoms with Gasteiger partial charge in [0.15, 0.2) is 5.78 Å². The van der Waals surface area contributed by atoms with Crippen LogP contribution in [0.2, 0.25) is 0 Å². The normalized spacial score (nSPS) is 21.4. The smallest absolute Gasteiger partial charge is 0.337 e. The number of rotatable bonds is 3. The number of amides is 1. The lowest BCUT2D eigenvalue weighted by Crippen LogP contribution is -2.50. The Hall–Kier alpha value is -3.49. The second kappa shape index (κ2) is 7.16. The number of piperazine rings is 1. The van der Waals surface area contributed by atoms with E-state index >= 15 is 0 Å². The molecule has 4 rings (SSSR count). The average molecular weight is 397 g/mol. The first-order valence-corrected chi connectivity index (χ1v) is 9.32. The fraction of sp³-hybridized carbons (Fsp3) is 0.350. The number of ether oxygens (including phenoxy) is 1. The van der Waals surface area contributed by atoms with Gasteiger partial charge in [0.05, 0.1) is 17.6 Å². The maximum Gasteiger partial charge on any atom is 0.337 e. The first-order chi connectivity index (χ1) is 13.9. The van der Waals surface area contributed by atoms with Crippen molar-refractivity contribution in [2.75, 3.05) is 20.2 Å². The molecule has 0 aromatic heterocycles. The predicted molar refractivity (Wildman–Crippen MR) is 100 cm³/mol. The number of hydrogen-bond acceptors (Lipinski definition) is 7. The van der Waals surface area contributed by atoms with E-state index in [1.54, 1.807) is 4.90 Å². The van der Waals surface area contributed by atoms with Gasteiger partial charge in [0, 0.05) is 48.8 Å². The van der Waals surface area contributed by atoms with Gasteiger partial charge in [-0.2, -0.15) is 0 Å². The minimum Gasteiger partial charge on any atom is -0.466 e. The van der Waals surface area contributed by atoms with E-state index in [0.717, 1.165) is 5.70 Å². The van der Waals surface area contributed by atoms with Gasteiger partial charge in [-0.3, -0.25) is 19.7 Å². The third kappa shape index (κ3) is 2.98.